The number of carbonyl (C=O) groups is 2. The Morgan fingerprint density at radius 3 is 2.79 bits per heavy atom. The van der Waals surface area contributed by atoms with E-state index in [9.17, 15) is 14.0 Å². The molecule has 4 heterocycles. The molecule has 5 rings (SSSR count). The molecule has 1 aliphatic carbocycles. The van der Waals surface area contributed by atoms with E-state index in [0.29, 0.717) is 47.6 Å². The van der Waals surface area contributed by atoms with Crippen LogP contribution in [0.3, 0.4) is 0 Å². The molecule has 10 heteroatoms. The van der Waals surface area contributed by atoms with Gasteiger partial charge in [-0.3, -0.25) is 14.9 Å². The summed E-state index contributed by atoms with van der Waals surface area (Å²) < 4.78 is 15.4. The molecule has 2 aromatic heterocycles. The summed E-state index contributed by atoms with van der Waals surface area (Å²) in [5, 5.41) is 10.0. The van der Waals surface area contributed by atoms with Gasteiger partial charge in [0.1, 0.15) is 6.17 Å². The van der Waals surface area contributed by atoms with Gasteiger partial charge in [-0.05, 0) is 38.2 Å². The summed E-state index contributed by atoms with van der Waals surface area (Å²) in [6, 6.07) is 0.237. The second-order valence-corrected chi connectivity index (χ2v) is 8.01. The van der Waals surface area contributed by atoms with Crippen LogP contribution in [0.5, 0.6) is 0 Å². The smallest absolute Gasteiger partial charge is 0.254 e. The van der Waals surface area contributed by atoms with Crippen molar-refractivity contribution in [1.82, 2.24) is 24.9 Å². The number of aromatic nitrogens is 4. The van der Waals surface area contributed by atoms with Crippen molar-refractivity contribution >= 4 is 35.4 Å². The highest BCUT2D eigenvalue weighted by Gasteiger charge is 2.30. The molecule has 2 aromatic rings. The molecule has 2 atom stereocenters. The number of anilines is 2. The summed E-state index contributed by atoms with van der Waals surface area (Å²) in [6.07, 6.45) is 5.19. The van der Waals surface area contributed by atoms with Crippen molar-refractivity contribution in [2.45, 2.75) is 44.8 Å². The Labute approximate surface area is 166 Å². The lowest BCUT2D eigenvalue weighted by Gasteiger charge is -2.19. The summed E-state index contributed by atoms with van der Waals surface area (Å²) in [7, 11) is 0. The Kier molecular flexibility index (Phi) is 4.21. The molecule has 3 fully saturated rings. The average molecular weight is 399 g/mol. The Balaban J connectivity index is 1.57. The van der Waals surface area contributed by atoms with E-state index in [-0.39, 0.29) is 24.9 Å². The first-order valence-corrected chi connectivity index (χ1v) is 9.94. The number of rotatable bonds is 5. The second kappa shape index (κ2) is 6.78. The van der Waals surface area contributed by atoms with Gasteiger partial charge in [0.25, 0.3) is 5.91 Å². The van der Waals surface area contributed by atoms with E-state index < -0.39 is 12.1 Å². The predicted molar refractivity (Wildman–Crippen MR) is 104 cm³/mol. The van der Waals surface area contributed by atoms with E-state index in [2.05, 4.69) is 32.6 Å². The minimum Gasteiger partial charge on any atom is -0.351 e. The monoisotopic (exact) mass is 399 g/mol. The van der Waals surface area contributed by atoms with Crippen LogP contribution in [-0.2, 0) is 9.59 Å². The van der Waals surface area contributed by atoms with E-state index in [1.54, 1.807) is 16.8 Å². The van der Waals surface area contributed by atoms with Gasteiger partial charge in [-0.25, -0.2) is 4.39 Å². The molecule has 1 saturated carbocycles. The molecule has 2 N–H and O–H groups in total. The first kappa shape index (κ1) is 18.0. The minimum absolute atomic E-state index is 0.0353. The molecule has 29 heavy (non-hydrogen) atoms. The molecule has 1 unspecified atom stereocenters. The maximum absolute atomic E-state index is 13.8. The van der Waals surface area contributed by atoms with E-state index in [4.69, 9.17) is 0 Å². The number of hydrogen-bond donors (Lipinski definition) is 2. The van der Waals surface area contributed by atoms with Gasteiger partial charge in [0, 0.05) is 23.7 Å². The minimum atomic E-state index is -0.896. The molecule has 0 bridgehead atoms. The zero-order chi connectivity index (χ0) is 20.1. The van der Waals surface area contributed by atoms with E-state index in [1.807, 2.05) is 4.90 Å². The van der Waals surface area contributed by atoms with Crippen LogP contribution >= 0.6 is 0 Å². The van der Waals surface area contributed by atoms with Crippen LogP contribution in [-0.4, -0.2) is 56.7 Å². The first-order chi connectivity index (χ1) is 14.0. The fourth-order valence-corrected chi connectivity index (χ4v) is 3.88. The SMILES string of the molecule is C[C@H](Nc1nc(N2CCC(F)C2)n2ncc(C=C3CC(=O)NC3=O)c2n1)C1CC1. The highest BCUT2D eigenvalue weighted by molar-refractivity contribution is 6.15. The number of imide groups is 1. The van der Waals surface area contributed by atoms with Crippen LogP contribution in [0, 0.1) is 5.92 Å². The molecule has 2 aliphatic heterocycles. The molecule has 0 aromatic carbocycles. The van der Waals surface area contributed by atoms with Gasteiger partial charge in [-0.1, -0.05) is 0 Å². The van der Waals surface area contributed by atoms with Crippen molar-refractivity contribution in [1.29, 1.82) is 0 Å². The maximum Gasteiger partial charge on any atom is 0.254 e. The normalized spacial score (nSPS) is 24.6. The summed E-state index contributed by atoms with van der Waals surface area (Å²) in [6.45, 7) is 2.92. The third-order valence-electron chi connectivity index (χ3n) is 5.70. The Bertz CT molecular complexity index is 1030. The number of halogens is 1. The molecule has 9 nitrogen and oxygen atoms in total. The number of nitrogens with one attached hydrogen (secondary N) is 2. The fraction of sp³-hybridized carbons (Fsp3) is 0.526. The molecular formula is C19H22FN7O2. The second-order valence-electron chi connectivity index (χ2n) is 8.01. The van der Waals surface area contributed by atoms with Crippen LogP contribution in [0.25, 0.3) is 11.7 Å². The molecule has 0 spiro atoms. The highest BCUT2D eigenvalue weighted by atomic mass is 19.1. The van der Waals surface area contributed by atoms with Crippen LogP contribution in [0.1, 0.15) is 38.2 Å². The van der Waals surface area contributed by atoms with Crippen molar-refractivity contribution in [3.63, 3.8) is 0 Å². The molecule has 2 saturated heterocycles. The zero-order valence-electron chi connectivity index (χ0n) is 16.1. The van der Waals surface area contributed by atoms with E-state index in [1.165, 1.54) is 12.8 Å². The summed E-state index contributed by atoms with van der Waals surface area (Å²) >= 11 is 0. The summed E-state index contributed by atoms with van der Waals surface area (Å²) in [4.78, 5) is 34.5. The number of fused-ring (bicyclic) bond motifs is 1. The molecule has 0 radical (unpaired) electrons. The average Bonchev–Trinajstić information content (AvgIpc) is 3.22. The topological polar surface area (TPSA) is 105 Å². The van der Waals surface area contributed by atoms with Crippen LogP contribution < -0.4 is 15.5 Å². The molecule has 152 valence electrons. The van der Waals surface area contributed by atoms with Gasteiger partial charge in [-0.2, -0.15) is 19.6 Å². The lowest BCUT2D eigenvalue weighted by molar-refractivity contribution is -0.124. The predicted octanol–water partition coefficient (Wildman–Crippen LogP) is 1.31. The highest BCUT2D eigenvalue weighted by Crippen LogP contribution is 2.34. The molecule has 3 aliphatic rings. The third-order valence-corrected chi connectivity index (χ3v) is 5.70. The third kappa shape index (κ3) is 3.43. The zero-order valence-corrected chi connectivity index (χ0v) is 16.1. The van der Waals surface area contributed by atoms with E-state index >= 15 is 0 Å². The largest absolute Gasteiger partial charge is 0.351 e. The summed E-state index contributed by atoms with van der Waals surface area (Å²) in [5.74, 6) is 0.877. The first-order valence-electron chi connectivity index (χ1n) is 9.94. The van der Waals surface area contributed by atoms with Crippen molar-refractivity contribution in [3.05, 3.63) is 17.3 Å². The lowest BCUT2D eigenvalue weighted by atomic mass is 10.1. The number of nitrogens with zero attached hydrogens (tertiary/aromatic N) is 5. The van der Waals surface area contributed by atoms with Crippen molar-refractivity contribution < 1.29 is 14.0 Å². The van der Waals surface area contributed by atoms with Gasteiger partial charge < -0.3 is 10.2 Å². The van der Waals surface area contributed by atoms with Crippen molar-refractivity contribution in [3.8, 4) is 0 Å². The van der Waals surface area contributed by atoms with Crippen LogP contribution in [0.4, 0.5) is 16.3 Å². The molecule has 2 amide bonds. The number of amides is 2. The van der Waals surface area contributed by atoms with Gasteiger partial charge in [0.05, 0.1) is 19.2 Å². The lowest BCUT2D eigenvalue weighted by Crippen LogP contribution is -2.26. The van der Waals surface area contributed by atoms with Gasteiger partial charge in [0.15, 0.2) is 5.65 Å². The number of alkyl halides is 1. The number of carbonyl (C=O) groups excluding carboxylic acids is 2. The standard InChI is InChI=1S/C19H22FN7O2/c1-10(11-2-3-11)22-18-24-16-13(6-12-7-15(28)23-17(12)29)8-21-27(16)19(25-18)26-5-4-14(20)9-26/h6,8,10-11,14H,2-5,7,9H2,1H3,(H,22,24)(H,23,28,29)/t10-,14?/m0/s1. The van der Waals surface area contributed by atoms with E-state index in [0.717, 1.165) is 0 Å². The van der Waals surface area contributed by atoms with Crippen LogP contribution in [0.15, 0.2) is 11.8 Å². The van der Waals surface area contributed by atoms with Gasteiger partial charge in [0.2, 0.25) is 17.8 Å². The van der Waals surface area contributed by atoms with Gasteiger partial charge >= 0.3 is 0 Å². The number of hydrogen-bond acceptors (Lipinski definition) is 7. The Morgan fingerprint density at radius 2 is 2.14 bits per heavy atom. The van der Waals surface area contributed by atoms with Crippen molar-refractivity contribution in [2.75, 3.05) is 23.3 Å². The maximum atomic E-state index is 13.8. The Hall–Kier alpha value is -3.04. The van der Waals surface area contributed by atoms with Crippen LogP contribution in [0.2, 0.25) is 0 Å². The van der Waals surface area contributed by atoms with Crippen molar-refractivity contribution in [2.24, 2.45) is 5.92 Å². The fourth-order valence-electron chi connectivity index (χ4n) is 3.88. The Morgan fingerprint density at radius 1 is 1.31 bits per heavy atom. The summed E-state index contributed by atoms with van der Waals surface area (Å²) in [5.41, 5.74) is 1.50. The quantitative estimate of drug-likeness (QED) is 0.577. The van der Waals surface area contributed by atoms with Gasteiger partial charge in [-0.15, -0.1) is 0 Å². The molecular weight excluding hydrogens is 377 g/mol.